The smallest absolute Gasteiger partial charge is 0.0480 e. The minimum absolute atomic E-state index is 0.386. The van der Waals surface area contributed by atoms with Crippen molar-refractivity contribution in [2.24, 2.45) is 5.73 Å². The third-order valence-corrected chi connectivity index (χ3v) is 3.33. The molecule has 0 spiro atoms. The van der Waals surface area contributed by atoms with Crippen LogP contribution in [0.15, 0.2) is 0 Å². The van der Waals surface area contributed by atoms with Crippen LogP contribution in [-0.4, -0.2) is 43.8 Å². The zero-order valence-electron chi connectivity index (χ0n) is 10.2. The standard InChI is InChI=1S/C12H26N2O/c1-3-4-11(13)5-8-14(2)12-6-9-15-10-7-12/h11-12H,3-10,13H2,1-2H3. The van der Waals surface area contributed by atoms with Crippen LogP contribution < -0.4 is 5.73 Å². The summed E-state index contributed by atoms with van der Waals surface area (Å²) in [5.41, 5.74) is 6.01. The van der Waals surface area contributed by atoms with Crippen molar-refractivity contribution in [3.8, 4) is 0 Å². The molecule has 90 valence electrons. The number of hydrogen-bond donors (Lipinski definition) is 1. The van der Waals surface area contributed by atoms with Gasteiger partial charge >= 0.3 is 0 Å². The number of nitrogens with two attached hydrogens (primary N) is 1. The van der Waals surface area contributed by atoms with E-state index in [2.05, 4.69) is 18.9 Å². The monoisotopic (exact) mass is 214 g/mol. The quantitative estimate of drug-likeness (QED) is 0.730. The number of ether oxygens (including phenoxy) is 1. The average molecular weight is 214 g/mol. The summed E-state index contributed by atoms with van der Waals surface area (Å²) in [6.07, 6.45) is 5.84. The van der Waals surface area contributed by atoms with Crippen LogP contribution in [0.2, 0.25) is 0 Å². The van der Waals surface area contributed by atoms with E-state index in [0.717, 1.165) is 32.6 Å². The molecule has 1 atom stereocenters. The Morgan fingerprint density at radius 2 is 2.00 bits per heavy atom. The van der Waals surface area contributed by atoms with Crippen LogP contribution in [0.4, 0.5) is 0 Å². The number of hydrogen-bond acceptors (Lipinski definition) is 3. The first-order valence-electron chi connectivity index (χ1n) is 6.27. The second-order valence-corrected chi connectivity index (χ2v) is 4.66. The molecule has 0 radical (unpaired) electrons. The van der Waals surface area contributed by atoms with E-state index in [1.54, 1.807) is 0 Å². The van der Waals surface area contributed by atoms with E-state index < -0.39 is 0 Å². The van der Waals surface area contributed by atoms with E-state index in [1.165, 1.54) is 19.3 Å². The van der Waals surface area contributed by atoms with Gasteiger partial charge in [0, 0.05) is 25.3 Å². The minimum atomic E-state index is 0.386. The molecule has 1 heterocycles. The highest BCUT2D eigenvalue weighted by molar-refractivity contribution is 4.73. The number of nitrogens with zero attached hydrogens (tertiary/aromatic N) is 1. The molecule has 3 nitrogen and oxygen atoms in total. The van der Waals surface area contributed by atoms with E-state index >= 15 is 0 Å². The van der Waals surface area contributed by atoms with Gasteiger partial charge in [-0.2, -0.15) is 0 Å². The molecule has 0 bridgehead atoms. The van der Waals surface area contributed by atoms with Crippen molar-refractivity contribution in [2.45, 2.75) is 51.1 Å². The molecule has 0 amide bonds. The highest BCUT2D eigenvalue weighted by Crippen LogP contribution is 2.13. The lowest BCUT2D eigenvalue weighted by atomic mass is 10.1. The van der Waals surface area contributed by atoms with Crippen LogP contribution in [0.3, 0.4) is 0 Å². The molecular weight excluding hydrogens is 188 g/mol. The Morgan fingerprint density at radius 3 is 2.60 bits per heavy atom. The summed E-state index contributed by atoms with van der Waals surface area (Å²) in [4.78, 5) is 2.46. The average Bonchev–Trinajstić information content (AvgIpc) is 2.27. The van der Waals surface area contributed by atoms with Crippen molar-refractivity contribution >= 4 is 0 Å². The van der Waals surface area contributed by atoms with Gasteiger partial charge in [-0.1, -0.05) is 13.3 Å². The molecule has 1 fully saturated rings. The fourth-order valence-electron chi connectivity index (χ4n) is 2.19. The Balaban J connectivity index is 2.13. The molecule has 2 N–H and O–H groups in total. The molecule has 1 saturated heterocycles. The molecule has 0 aromatic rings. The van der Waals surface area contributed by atoms with E-state index in [4.69, 9.17) is 10.5 Å². The first-order chi connectivity index (χ1) is 7.24. The normalized spacial score (nSPS) is 20.8. The fourth-order valence-corrected chi connectivity index (χ4v) is 2.19. The Hall–Kier alpha value is -0.120. The van der Waals surface area contributed by atoms with E-state index in [1.807, 2.05) is 0 Å². The van der Waals surface area contributed by atoms with Crippen LogP contribution in [0, 0.1) is 0 Å². The van der Waals surface area contributed by atoms with Gasteiger partial charge in [-0.05, 0) is 39.3 Å². The highest BCUT2D eigenvalue weighted by Gasteiger charge is 2.18. The summed E-state index contributed by atoms with van der Waals surface area (Å²) in [6.45, 7) is 5.18. The van der Waals surface area contributed by atoms with Crippen LogP contribution in [-0.2, 0) is 4.74 Å². The minimum Gasteiger partial charge on any atom is -0.381 e. The topological polar surface area (TPSA) is 38.5 Å². The third kappa shape index (κ3) is 4.96. The lowest BCUT2D eigenvalue weighted by Gasteiger charge is -2.31. The molecule has 3 heteroatoms. The van der Waals surface area contributed by atoms with Crippen molar-refractivity contribution in [3.63, 3.8) is 0 Å². The van der Waals surface area contributed by atoms with Gasteiger partial charge in [-0.25, -0.2) is 0 Å². The van der Waals surface area contributed by atoms with E-state index in [9.17, 15) is 0 Å². The van der Waals surface area contributed by atoms with Crippen LogP contribution in [0.25, 0.3) is 0 Å². The summed E-state index contributed by atoms with van der Waals surface area (Å²) in [6, 6.07) is 1.10. The van der Waals surface area contributed by atoms with Crippen molar-refractivity contribution in [1.29, 1.82) is 0 Å². The Labute approximate surface area is 94.0 Å². The molecule has 0 aliphatic carbocycles. The molecule has 0 aromatic carbocycles. The van der Waals surface area contributed by atoms with Gasteiger partial charge in [0.2, 0.25) is 0 Å². The van der Waals surface area contributed by atoms with Crippen molar-refractivity contribution in [3.05, 3.63) is 0 Å². The van der Waals surface area contributed by atoms with Crippen molar-refractivity contribution in [2.75, 3.05) is 26.8 Å². The lowest BCUT2D eigenvalue weighted by molar-refractivity contribution is 0.0422. The van der Waals surface area contributed by atoms with Gasteiger partial charge in [0.25, 0.3) is 0 Å². The molecule has 1 rings (SSSR count). The maximum absolute atomic E-state index is 6.01. The molecular formula is C12H26N2O. The SMILES string of the molecule is CCCC(N)CCN(C)C1CCOCC1. The van der Waals surface area contributed by atoms with Gasteiger partial charge in [0.05, 0.1) is 0 Å². The summed E-state index contributed by atoms with van der Waals surface area (Å²) in [5, 5.41) is 0. The van der Waals surface area contributed by atoms with Crippen molar-refractivity contribution in [1.82, 2.24) is 4.90 Å². The van der Waals surface area contributed by atoms with E-state index in [0.29, 0.717) is 12.1 Å². The van der Waals surface area contributed by atoms with Gasteiger partial charge < -0.3 is 15.4 Å². The Morgan fingerprint density at radius 1 is 1.33 bits per heavy atom. The molecule has 0 saturated carbocycles. The van der Waals surface area contributed by atoms with Crippen LogP contribution in [0.5, 0.6) is 0 Å². The summed E-state index contributed by atoms with van der Waals surface area (Å²) < 4.78 is 5.36. The zero-order chi connectivity index (χ0) is 11.1. The molecule has 15 heavy (non-hydrogen) atoms. The fraction of sp³-hybridized carbons (Fsp3) is 1.00. The van der Waals surface area contributed by atoms with Crippen LogP contribution >= 0.6 is 0 Å². The lowest BCUT2D eigenvalue weighted by Crippen LogP contribution is -2.39. The summed E-state index contributed by atoms with van der Waals surface area (Å²) in [7, 11) is 2.22. The summed E-state index contributed by atoms with van der Waals surface area (Å²) in [5.74, 6) is 0. The predicted octanol–water partition coefficient (Wildman–Crippen LogP) is 1.61. The third-order valence-electron chi connectivity index (χ3n) is 3.33. The van der Waals surface area contributed by atoms with E-state index in [-0.39, 0.29) is 0 Å². The van der Waals surface area contributed by atoms with Crippen LogP contribution in [0.1, 0.15) is 39.0 Å². The first kappa shape index (κ1) is 12.9. The maximum atomic E-state index is 6.01. The maximum Gasteiger partial charge on any atom is 0.0480 e. The molecule has 1 aliphatic heterocycles. The molecule has 1 aliphatic rings. The first-order valence-corrected chi connectivity index (χ1v) is 6.27. The Kier molecular flexibility index (Phi) is 6.22. The Bertz CT molecular complexity index is 158. The molecule has 1 unspecified atom stereocenters. The van der Waals surface area contributed by atoms with Gasteiger partial charge in [-0.3, -0.25) is 0 Å². The molecule has 0 aromatic heterocycles. The summed E-state index contributed by atoms with van der Waals surface area (Å²) >= 11 is 0. The zero-order valence-corrected chi connectivity index (χ0v) is 10.2. The van der Waals surface area contributed by atoms with Gasteiger partial charge in [0.15, 0.2) is 0 Å². The number of rotatable bonds is 6. The van der Waals surface area contributed by atoms with Crippen molar-refractivity contribution < 1.29 is 4.74 Å². The second-order valence-electron chi connectivity index (χ2n) is 4.66. The highest BCUT2D eigenvalue weighted by atomic mass is 16.5. The van der Waals surface area contributed by atoms with Gasteiger partial charge in [-0.15, -0.1) is 0 Å². The largest absolute Gasteiger partial charge is 0.381 e. The van der Waals surface area contributed by atoms with Gasteiger partial charge in [0.1, 0.15) is 0 Å². The predicted molar refractivity (Wildman–Crippen MR) is 64.0 cm³/mol. The second kappa shape index (κ2) is 7.20.